The summed E-state index contributed by atoms with van der Waals surface area (Å²) in [6.45, 7) is 2.06. The smallest absolute Gasteiger partial charge is 0.166 e. The van der Waals surface area contributed by atoms with E-state index in [1.54, 1.807) is 7.11 Å². The van der Waals surface area contributed by atoms with Crippen molar-refractivity contribution in [3.63, 3.8) is 0 Å². The minimum absolute atomic E-state index is 0.140. The highest BCUT2D eigenvalue weighted by Gasteiger charge is 2.15. The Balaban J connectivity index is 2.48. The summed E-state index contributed by atoms with van der Waals surface area (Å²) in [6.07, 6.45) is 2.00. The van der Waals surface area contributed by atoms with Crippen LogP contribution in [0.2, 0.25) is 0 Å². The van der Waals surface area contributed by atoms with Gasteiger partial charge in [0, 0.05) is 17.1 Å². The number of benzene rings is 1. The van der Waals surface area contributed by atoms with Crippen molar-refractivity contribution < 1.29 is 4.74 Å². The molecule has 1 aromatic heterocycles. The number of fused-ring (bicyclic) bond motifs is 1. The number of nitrogens with one attached hydrogen (secondary N) is 1. The van der Waals surface area contributed by atoms with Crippen molar-refractivity contribution in [1.29, 1.82) is 0 Å². The maximum absolute atomic E-state index is 5.15. The van der Waals surface area contributed by atoms with Gasteiger partial charge in [-0.05, 0) is 23.8 Å². The molecular weight excluding hydrogens is 206 g/mol. The summed E-state index contributed by atoms with van der Waals surface area (Å²) in [5.41, 5.74) is 2.33. The van der Waals surface area contributed by atoms with Crippen LogP contribution in [0.25, 0.3) is 10.9 Å². The number of aromatic amines is 1. The zero-order chi connectivity index (χ0) is 10.8. The molecule has 1 aromatic carbocycles. The molecule has 78 valence electrons. The zero-order valence-electron chi connectivity index (χ0n) is 8.78. The molecular formula is C12H13NOS. The predicted molar refractivity (Wildman–Crippen MR) is 66.3 cm³/mol. The Hall–Kier alpha value is -1.35. The van der Waals surface area contributed by atoms with Gasteiger partial charge in [0.25, 0.3) is 0 Å². The topological polar surface area (TPSA) is 25.0 Å². The summed E-state index contributed by atoms with van der Waals surface area (Å²) in [7, 11) is 1.62. The number of rotatable bonds is 2. The minimum atomic E-state index is 0.140. The van der Waals surface area contributed by atoms with Crippen LogP contribution < -0.4 is 0 Å². The normalized spacial score (nSPS) is 12.7. The average Bonchev–Trinajstić information content (AvgIpc) is 2.70. The molecule has 1 unspecified atom stereocenters. The maximum Gasteiger partial charge on any atom is 0.166 e. The highest BCUT2D eigenvalue weighted by atomic mass is 32.1. The molecule has 1 heterocycles. The van der Waals surface area contributed by atoms with Crippen LogP contribution in [0.5, 0.6) is 0 Å². The van der Waals surface area contributed by atoms with E-state index < -0.39 is 0 Å². The number of ether oxygens (including phenoxy) is 1. The van der Waals surface area contributed by atoms with Crippen LogP contribution in [-0.2, 0) is 4.74 Å². The van der Waals surface area contributed by atoms with E-state index in [4.69, 9.17) is 17.0 Å². The van der Waals surface area contributed by atoms with Crippen LogP contribution in [0.4, 0.5) is 0 Å². The third kappa shape index (κ3) is 1.75. The average molecular weight is 219 g/mol. The highest BCUT2D eigenvalue weighted by molar-refractivity contribution is 7.80. The van der Waals surface area contributed by atoms with Gasteiger partial charge in [0.2, 0.25) is 0 Å². The largest absolute Gasteiger partial charge is 0.490 e. The first-order valence-corrected chi connectivity index (χ1v) is 5.28. The summed E-state index contributed by atoms with van der Waals surface area (Å²) in [4.78, 5) is 3.23. The Kier molecular flexibility index (Phi) is 2.73. The second-order valence-electron chi connectivity index (χ2n) is 3.53. The van der Waals surface area contributed by atoms with Crippen molar-refractivity contribution in [1.82, 2.24) is 4.98 Å². The molecule has 0 aliphatic rings. The Morgan fingerprint density at radius 1 is 1.40 bits per heavy atom. The molecule has 0 fully saturated rings. The second-order valence-corrected chi connectivity index (χ2v) is 3.94. The third-order valence-electron chi connectivity index (χ3n) is 2.64. The molecule has 2 nitrogen and oxygen atoms in total. The summed E-state index contributed by atoms with van der Waals surface area (Å²) < 4.78 is 5.10. The lowest BCUT2D eigenvalue weighted by molar-refractivity contribution is 0.397. The van der Waals surface area contributed by atoms with Crippen LogP contribution in [-0.4, -0.2) is 17.1 Å². The van der Waals surface area contributed by atoms with Gasteiger partial charge in [0.05, 0.1) is 13.0 Å². The molecule has 0 bridgehead atoms. The maximum atomic E-state index is 5.15. The highest BCUT2D eigenvalue weighted by Crippen LogP contribution is 2.26. The van der Waals surface area contributed by atoms with E-state index in [2.05, 4.69) is 24.0 Å². The molecule has 3 heteroatoms. The first-order valence-electron chi connectivity index (χ1n) is 4.88. The first-order chi connectivity index (χ1) is 7.24. The SMILES string of the molecule is COC(=S)C(C)c1c[nH]c2ccccc12. The first kappa shape index (κ1) is 10.2. The molecule has 0 spiro atoms. The number of hydrogen-bond acceptors (Lipinski definition) is 2. The Bertz CT molecular complexity index is 489. The number of methoxy groups -OCH3 is 1. The Morgan fingerprint density at radius 3 is 2.87 bits per heavy atom. The molecule has 0 saturated carbocycles. The molecule has 0 aliphatic carbocycles. The van der Waals surface area contributed by atoms with Crippen molar-refractivity contribution in [2.45, 2.75) is 12.8 Å². The summed E-state index contributed by atoms with van der Waals surface area (Å²) >= 11 is 5.15. The Morgan fingerprint density at radius 2 is 2.13 bits per heavy atom. The molecule has 0 radical (unpaired) electrons. The minimum Gasteiger partial charge on any atom is -0.490 e. The molecule has 1 atom stereocenters. The number of para-hydroxylation sites is 1. The number of hydrogen-bond donors (Lipinski definition) is 1. The molecule has 0 amide bonds. The molecule has 2 rings (SSSR count). The van der Waals surface area contributed by atoms with E-state index >= 15 is 0 Å². The standard InChI is InChI=1S/C12H13NOS/c1-8(12(15)14-2)10-7-13-11-6-4-3-5-9(10)11/h3-8,13H,1-2H3. The van der Waals surface area contributed by atoms with Crippen LogP contribution in [0.1, 0.15) is 18.4 Å². The number of H-pyrrole nitrogens is 1. The van der Waals surface area contributed by atoms with Crippen molar-refractivity contribution in [2.75, 3.05) is 7.11 Å². The quantitative estimate of drug-likeness (QED) is 0.784. The summed E-state index contributed by atoms with van der Waals surface area (Å²) in [6, 6.07) is 8.20. The van der Waals surface area contributed by atoms with E-state index in [0.29, 0.717) is 5.05 Å². The van der Waals surface area contributed by atoms with Crippen LogP contribution in [0, 0.1) is 0 Å². The lowest BCUT2D eigenvalue weighted by Gasteiger charge is -2.10. The molecule has 2 aromatic rings. The van der Waals surface area contributed by atoms with E-state index in [1.807, 2.05) is 18.3 Å². The van der Waals surface area contributed by atoms with Gasteiger partial charge in [-0.25, -0.2) is 0 Å². The number of aromatic nitrogens is 1. The van der Waals surface area contributed by atoms with Gasteiger partial charge in [-0.3, -0.25) is 0 Å². The number of thiocarbonyl (C=S) groups is 1. The fraction of sp³-hybridized carbons (Fsp3) is 0.250. The van der Waals surface area contributed by atoms with E-state index in [0.717, 1.165) is 5.52 Å². The molecule has 15 heavy (non-hydrogen) atoms. The van der Waals surface area contributed by atoms with Crippen molar-refractivity contribution in [3.05, 3.63) is 36.0 Å². The van der Waals surface area contributed by atoms with Gasteiger partial charge >= 0.3 is 0 Å². The van der Waals surface area contributed by atoms with Crippen molar-refractivity contribution in [3.8, 4) is 0 Å². The third-order valence-corrected chi connectivity index (χ3v) is 3.16. The lowest BCUT2D eigenvalue weighted by Crippen LogP contribution is -2.07. The summed E-state index contributed by atoms with van der Waals surface area (Å²) in [5.74, 6) is 0.140. The van der Waals surface area contributed by atoms with Gasteiger partial charge in [-0.15, -0.1) is 0 Å². The van der Waals surface area contributed by atoms with Gasteiger partial charge in [-0.2, -0.15) is 0 Å². The molecule has 1 N–H and O–H groups in total. The molecule has 0 saturated heterocycles. The fourth-order valence-electron chi connectivity index (χ4n) is 1.76. The van der Waals surface area contributed by atoms with Gasteiger partial charge < -0.3 is 9.72 Å². The predicted octanol–water partition coefficient (Wildman–Crippen LogP) is 3.25. The van der Waals surface area contributed by atoms with Crippen molar-refractivity contribution in [2.24, 2.45) is 0 Å². The van der Waals surface area contributed by atoms with Gasteiger partial charge in [-0.1, -0.05) is 25.1 Å². The van der Waals surface area contributed by atoms with E-state index in [-0.39, 0.29) is 5.92 Å². The van der Waals surface area contributed by atoms with E-state index in [9.17, 15) is 0 Å². The Labute approximate surface area is 94.3 Å². The monoisotopic (exact) mass is 219 g/mol. The van der Waals surface area contributed by atoms with Gasteiger partial charge in [0.15, 0.2) is 5.05 Å². The van der Waals surface area contributed by atoms with Crippen LogP contribution >= 0.6 is 12.2 Å². The van der Waals surface area contributed by atoms with Gasteiger partial charge in [0.1, 0.15) is 0 Å². The van der Waals surface area contributed by atoms with E-state index in [1.165, 1.54) is 10.9 Å². The lowest BCUT2D eigenvalue weighted by atomic mass is 10.0. The second kappa shape index (κ2) is 4.03. The fourth-order valence-corrected chi connectivity index (χ4v) is 1.88. The zero-order valence-corrected chi connectivity index (χ0v) is 9.60. The van der Waals surface area contributed by atoms with Crippen LogP contribution in [0.3, 0.4) is 0 Å². The summed E-state index contributed by atoms with van der Waals surface area (Å²) in [5, 5.41) is 1.84. The molecule has 0 aliphatic heterocycles. The van der Waals surface area contributed by atoms with Crippen LogP contribution in [0.15, 0.2) is 30.5 Å². The van der Waals surface area contributed by atoms with Crippen molar-refractivity contribution >= 4 is 28.2 Å².